The fraction of sp³-hybridized carbons (Fsp3) is 0.706. The first kappa shape index (κ1) is 19.8. The molecule has 0 heterocycles. The Morgan fingerprint density at radius 2 is 1.96 bits per heavy atom. The monoisotopic (exact) mass is 372 g/mol. The number of carbonyl (C=O) groups excluding carboxylic acids is 1. The Hall–Kier alpha value is -1.54. The normalized spacial score (nSPS) is 30.5. The van der Waals surface area contributed by atoms with Crippen LogP contribution in [0.3, 0.4) is 0 Å². The largest absolute Gasteiger partial charge is 0.444 e. The number of nitrogens with two attached hydrogens (primary N) is 1. The summed E-state index contributed by atoms with van der Waals surface area (Å²) in [5.41, 5.74) is 4.22. The highest BCUT2D eigenvalue weighted by Gasteiger charge is 2.51. The van der Waals surface area contributed by atoms with Gasteiger partial charge in [0.05, 0.1) is 5.54 Å². The molecule has 1 saturated carbocycles. The second-order valence-corrected chi connectivity index (χ2v) is 9.41. The molecule has 0 spiro atoms. The van der Waals surface area contributed by atoms with Crippen LogP contribution in [0, 0.1) is 5.92 Å². The van der Waals surface area contributed by atoms with Crippen molar-refractivity contribution in [2.75, 3.05) is 0 Å². The number of ether oxygens (including phenoxy) is 1. The number of allylic oxidation sites excluding steroid dienone is 1. The average Bonchev–Trinajstić information content (AvgIpc) is 2.38. The summed E-state index contributed by atoms with van der Waals surface area (Å²) >= 11 is 0. The van der Waals surface area contributed by atoms with Gasteiger partial charge in [0.2, 0.25) is 0 Å². The molecule has 2 aliphatic carbocycles. The molecule has 142 valence electrons. The van der Waals surface area contributed by atoms with E-state index >= 15 is 0 Å². The Morgan fingerprint density at radius 3 is 2.56 bits per heavy atom. The quantitative estimate of drug-likeness (QED) is 0.641. The molecular weight excluding hydrogens is 344 g/mol. The summed E-state index contributed by atoms with van der Waals surface area (Å²) in [5, 5.41) is 1.56. The number of carbonyl (C=O) groups is 1. The Balaban J connectivity index is 2.50. The van der Waals surface area contributed by atoms with Crippen molar-refractivity contribution in [2.45, 2.75) is 69.3 Å². The van der Waals surface area contributed by atoms with Crippen molar-refractivity contribution in [1.29, 1.82) is 0 Å². The SMILES string of the molecule is CC(C)(C)OC(=O)NC12C=C(N)C=CC1CCCCCC2S(=O)(=O)O. The minimum absolute atomic E-state index is 0.239. The minimum atomic E-state index is -4.41. The molecule has 3 atom stereocenters. The predicted octanol–water partition coefficient (Wildman–Crippen LogP) is 2.50. The van der Waals surface area contributed by atoms with E-state index in [1.807, 2.05) is 6.08 Å². The summed E-state index contributed by atoms with van der Waals surface area (Å²) in [6, 6.07) is 0. The van der Waals surface area contributed by atoms with E-state index in [1.165, 1.54) is 0 Å². The average molecular weight is 372 g/mol. The molecule has 4 N–H and O–H groups in total. The number of hydrogen-bond acceptors (Lipinski definition) is 5. The molecule has 2 aliphatic rings. The summed E-state index contributed by atoms with van der Waals surface area (Å²) < 4.78 is 39.5. The van der Waals surface area contributed by atoms with Crippen molar-refractivity contribution < 1.29 is 22.5 Å². The fourth-order valence-electron chi connectivity index (χ4n) is 3.68. The first-order valence-corrected chi connectivity index (χ1v) is 10.1. The van der Waals surface area contributed by atoms with E-state index in [9.17, 15) is 17.8 Å². The summed E-state index contributed by atoms with van der Waals surface area (Å²) in [6.45, 7) is 5.18. The van der Waals surface area contributed by atoms with E-state index in [2.05, 4.69) is 5.32 Å². The smallest absolute Gasteiger partial charge is 0.408 e. The van der Waals surface area contributed by atoms with Gasteiger partial charge in [0.25, 0.3) is 10.1 Å². The van der Waals surface area contributed by atoms with E-state index in [0.717, 1.165) is 12.8 Å². The fourth-order valence-corrected chi connectivity index (χ4v) is 4.94. The Bertz CT molecular complexity index is 678. The molecule has 0 saturated heterocycles. The number of alkyl carbamates (subject to hydrolysis) is 1. The first-order chi connectivity index (χ1) is 11.4. The lowest BCUT2D eigenvalue weighted by atomic mass is 9.72. The number of rotatable bonds is 2. The number of fused-ring (bicyclic) bond motifs is 1. The highest BCUT2D eigenvalue weighted by molar-refractivity contribution is 7.86. The highest BCUT2D eigenvalue weighted by atomic mass is 32.2. The van der Waals surface area contributed by atoms with E-state index in [0.29, 0.717) is 18.5 Å². The summed E-state index contributed by atoms with van der Waals surface area (Å²) in [5.74, 6) is -0.292. The second kappa shape index (κ2) is 6.99. The van der Waals surface area contributed by atoms with Crippen molar-refractivity contribution in [2.24, 2.45) is 11.7 Å². The maximum atomic E-state index is 12.4. The van der Waals surface area contributed by atoms with Crippen LogP contribution in [0.1, 0.15) is 52.9 Å². The molecule has 3 unspecified atom stereocenters. The van der Waals surface area contributed by atoms with Gasteiger partial charge in [-0.2, -0.15) is 8.42 Å². The van der Waals surface area contributed by atoms with Gasteiger partial charge >= 0.3 is 6.09 Å². The van der Waals surface area contributed by atoms with E-state index < -0.39 is 32.6 Å². The molecule has 8 heteroatoms. The molecule has 0 aliphatic heterocycles. The maximum Gasteiger partial charge on any atom is 0.408 e. The zero-order valence-electron chi connectivity index (χ0n) is 15.0. The maximum absolute atomic E-state index is 12.4. The van der Waals surface area contributed by atoms with Gasteiger partial charge in [-0.3, -0.25) is 4.55 Å². The third-order valence-electron chi connectivity index (χ3n) is 4.63. The second-order valence-electron chi connectivity index (χ2n) is 7.81. The van der Waals surface area contributed by atoms with Crippen molar-refractivity contribution >= 4 is 16.2 Å². The van der Waals surface area contributed by atoms with Crippen LogP contribution in [0.2, 0.25) is 0 Å². The van der Waals surface area contributed by atoms with Crippen molar-refractivity contribution in [3.05, 3.63) is 23.9 Å². The van der Waals surface area contributed by atoms with Gasteiger partial charge in [0.15, 0.2) is 0 Å². The molecular formula is C17H28N2O5S. The van der Waals surface area contributed by atoms with Crippen molar-refractivity contribution in [3.8, 4) is 0 Å². The molecule has 0 aromatic carbocycles. The standard InChI is InChI=1S/C17H28N2O5S/c1-16(2,3)24-15(20)19-17-11-13(18)10-9-12(17)7-5-4-6-8-14(17)25(21,22)23/h9-12,14H,4-8,18H2,1-3H3,(H,19,20)(H,21,22,23). The highest BCUT2D eigenvalue weighted by Crippen LogP contribution is 2.40. The van der Waals surface area contributed by atoms with Gasteiger partial charge < -0.3 is 15.8 Å². The van der Waals surface area contributed by atoms with Crippen LogP contribution < -0.4 is 11.1 Å². The van der Waals surface area contributed by atoms with Crippen LogP contribution in [-0.4, -0.2) is 35.5 Å². The van der Waals surface area contributed by atoms with Gasteiger partial charge in [-0.1, -0.05) is 25.3 Å². The number of nitrogens with one attached hydrogen (secondary N) is 1. The van der Waals surface area contributed by atoms with Gasteiger partial charge in [-0.15, -0.1) is 0 Å². The van der Waals surface area contributed by atoms with Crippen LogP contribution in [0.5, 0.6) is 0 Å². The number of amides is 1. The Labute approximate surface area is 149 Å². The van der Waals surface area contributed by atoms with Crippen LogP contribution in [-0.2, 0) is 14.9 Å². The van der Waals surface area contributed by atoms with Gasteiger partial charge in [0, 0.05) is 11.6 Å². The van der Waals surface area contributed by atoms with Gasteiger partial charge in [0.1, 0.15) is 10.9 Å². The minimum Gasteiger partial charge on any atom is -0.444 e. The van der Waals surface area contributed by atoms with Crippen LogP contribution in [0.15, 0.2) is 23.9 Å². The van der Waals surface area contributed by atoms with Crippen LogP contribution in [0.4, 0.5) is 4.79 Å². The molecule has 7 nitrogen and oxygen atoms in total. The topological polar surface area (TPSA) is 119 Å². The lowest BCUT2D eigenvalue weighted by Gasteiger charge is -2.45. The third kappa shape index (κ3) is 4.76. The molecule has 0 radical (unpaired) electrons. The van der Waals surface area contributed by atoms with E-state index in [1.54, 1.807) is 32.9 Å². The van der Waals surface area contributed by atoms with Crippen LogP contribution >= 0.6 is 0 Å². The summed E-state index contributed by atoms with van der Waals surface area (Å²) in [7, 11) is -4.41. The number of hydrogen-bond donors (Lipinski definition) is 3. The van der Waals surface area contributed by atoms with E-state index in [4.69, 9.17) is 10.5 Å². The molecule has 1 fully saturated rings. The molecule has 0 aromatic heterocycles. The third-order valence-corrected chi connectivity index (χ3v) is 5.98. The molecule has 0 aromatic rings. The lowest BCUT2D eigenvalue weighted by Crippen LogP contribution is -2.63. The van der Waals surface area contributed by atoms with Crippen molar-refractivity contribution in [3.63, 3.8) is 0 Å². The summed E-state index contributed by atoms with van der Waals surface area (Å²) in [6.07, 6.45) is 7.68. The van der Waals surface area contributed by atoms with Gasteiger partial charge in [-0.25, -0.2) is 4.79 Å². The molecule has 25 heavy (non-hydrogen) atoms. The van der Waals surface area contributed by atoms with Gasteiger partial charge in [-0.05, 0) is 45.8 Å². The first-order valence-electron chi connectivity index (χ1n) is 8.58. The Kier molecular flexibility index (Phi) is 5.53. The summed E-state index contributed by atoms with van der Waals surface area (Å²) in [4.78, 5) is 12.4. The van der Waals surface area contributed by atoms with Crippen molar-refractivity contribution in [1.82, 2.24) is 5.32 Å². The van der Waals surface area contributed by atoms with Crippen LogP contribution in [0.25, 0.3) is 0 Å². The lowest BCUT2D eigenvalue weighted by molar-refractivity contribution is 0.0442. The zero-order chi connectivity index (χ0) is 18.9. The molecule has 2 rings (SSSR count). The Morgan fingerprint density at radius 1 is 1.32 bits per heavy atom. The molecule has 1 amide bonds. The van der Waals surface area contributed by atoms with E-state index in [-0.39, 0.29) is 12.3 Å². The molecule has 0 bridgehead atoms. The predicted molar refractivity (Wildman–Crippen MR) is 95.4 cm³/mol. The zero-order valence-corrected chi connectivity index (χ0v) is 15.8.